The van der Waals surface area contributed by atoms with Crippen LogP contribution in [0.2, 0.25) is 0 Å². The lowest BCUT2D eigenvalue weighted by Gasteiger charge is -2.36. The van der Waals surface area contributed by atoms with Gasteiger partial charge in [-0.2, -0.15) is 0 Å². The lowest BCUT2D eigenvalue weighted by Crippen LogP contribution is -2.48. The number of carbonyl (C=O) groups is 1. The summed E-state index contributed by atoms with van der Waals surface area (Å²) in [5.41, 5.74) is 1.95. The third-order valence-corrected chi connectivity index (χ3v) is 6.17. The fraction of sp³-hybridized carbons (Fsp3) is 0.333. The normalized spacial score (nSPS) is 14.2. The van der Waals surface area contributed by atoms with Crippen LogP contribution in [0.3, 0.4) is 0 Å². The molecule has 0 aliphatic carbocycles. The standard InChI is InChI=1S/C21H23FN6OS/c1-26-20(16-6-9-23-10-7-16)24-25-21(26)30-15-8-19(29)28-13-11-27(12-14-28)18-4-2-17(22)3-5-18/h2-7,9-10H,8,11-15H2,1H3. The molecule has 1 aromatic carbocycles. The molecule has 4 rings (SSSR count). The van der Waals surface area contributed by atoms with E-state index in [0.717, 1.165) is 35.3 Å². The van der Waals surface area contributed by atoms with Gasteiger partial charge in [-0.15, -0.1) is 10.2 Å². The number of hydrogen-bond donors (Lipinski definition) is 0. The van der Waals surface area contributed by atoms with Gasteiger partial charge in [-0.1, -0.05) is 11.8 Å². The van der Waals surface area contributed by atoms with E-state index in [1.165, 1.54) is 23.9 Å². The van der Waals surface area contributed by atoms with Crippen molar-refractivity contribution in [3.05, 3.63) is 54.6 Å². The average molecular weight is 427 g/mol. The van der Waals surface area contributed by atoms with Crippen LogP contribution in [0.1, 0.15) is 6.42 Å². The molecular formula is C21H23FN6OS. The average Bonchev–Trinajstić information content (AvgIpc) is 3.15. The minimum atomic E-state index is -0.235. The maximum atomic E-state index is 13.1. The summed E-state index contributed by atoms with van der Waals surface area (Å²) in [4.78, 5) is 20.7. The third kappa shape index (κ3) is 4.62. The summed E-state index contributed by atoms with van der Waals surface area (Å²) in [7, 11) is 1.93. The van der Waals surface area contributed by atoms with Crippen molar-refractivity contribution in [3.8, 4) is 11.4 Å². The molecule has 0 saturated carbocycles. The number of rotatable bonds is 6. The predicted octanol–water partition coefficient (Wildman–Crippen LogP) is 2.85. The second-order valence-corrected chi connectivity index (χ2v) is 8.11. The molecule has 9 heteroatoms. The van der Waals surface area contributed by atoms with Gasteiger partial charge in [-0.25, -0.2) is 4.39 Å². The van der Waals surface area contributed by atoms with Crippen molar-refractivity contribution in [2.45, 2.75) is 11.6 Å². The van der Waals surface area contributed by atoms with Crippen molar-refractivity contribution in [1.29, 1.82) is 0 Å². The monoisotopic (exact) mass is 426 g/mol. The van der Waals surface area contributed by atoms with E-state index in [1.54, 1.807) is 24.5 Å². The number of carbonyl (C=O) groups excluding carboxylic acids is 1. The van der Waals surface area contributed by atoms with Crippen LogP contribution >= 0.6 is 11.8 Å². The molecule has 3 heterocycles. The van der Waals surface area contributed by atoms with Gasteiger partial charge in [-0.05, 0) is 36.4 Å². The van der Waals surface area contributed by atoms with Crippen LogP contribution in [-0.2, 0) is 11.8 Å². The highest BCUT2D eigenvalue weighted by Gasteiger charge is 2.21. The first kappa shape index (κ1) is 20.3. The van der Waals surface area contributed by atoms with Crippen molar-refractivity contribution in [1.82, 2.24) is 24.6 Å². The Morgan fingerprint density at radius 1 is 1.03 bits per heavy atom. The second kappa shape index (κ2) is 9.25. The number of aromatic nitrogens is 4. The first-order valence-corrected chi connectivity index (χ1v) is 10.8. The molecule has 0 radical (unpaired) electrons. The Hall–Kier alpha value is -2.94. The molecule has 0 bridgehead atoms. The highest BCUT2D eigenvalue weighted by atomic mass is 32.2. The van der Waals surface area contributed by atoms with Gasteiger partial charge < -0.3 is 14.4 Å². The fourth-order valence-electron chi connectivity index (χ4n) is 3.45. The quantitative estimate of drug-likeness (QED) is 0.565. The van der Waals surface area contributed by atoms with Crippen LogP contribution in [0.25, 0.3) is 11.4 Å². The summed E-state index contributed by atoms with van der Waals surface area (Å²) < 4.78 is 15.0. The summed E-state index contributed by atoms with van der Waals surface area (Å²) in [6.07, 6.45) is 3.91. The van der Waals surface area contributed by atoms with Crippen molar-refractivity contribution in [2.24, 2.45) is 7.05 Å². The number of anilines is 1. The molecule has 0 atom stereocenters. The van der Waals surface area contributed by atoms with Gasteiger partial charge in [0.2, 0.25) is 5.91 Å². The lowest BCUT2D eigenvalue weighted by atomic mass is 10.2. The highest BCUT2D eigenvalue weighted by Crippen LogP contribution is 2.23. The van der Waals surface area contributed by atoms with Crippen LogP contribution in [0.15, 0.2) is 53.9 Å². The summed E-state index contributed by atoms with van der Waals surface area (Å²) in [5.74, 6) is 1.35. The molecule has 0 spiro atoms. The summed E-state index contributed by atoms with van der Waals surface area (Å²) in [6.45, 7) is 2.86. The number of hydrogen-bond acceptors (Lipinski definition) is 6. The van der Waals surface area contributed by atoms with E-state index >= 15 is 0 Å². The summed E-state index contributed by atoms with van der Waals surface area (Å²) in [6, 6.07) is 10.3. The zero-order valence-electron chi connectivity index (χ0n) is 16.7. The molecule has 1 aliphatic rings. The Morgan fingerprint density at radius 3 is 2.43 bits per heavy atom. The minimum Gasteiger partial charge on any atom is -0.368 e. The van der Waals surface area contributed by atoms with E-state index in [9.17, 15) is 9.18 Å². The van der Waals surface area contributed by atoms with E-state index in [2.05, 4.69) is 20.1 Å². The van der Waals surface area contributed by atoms with Crippen LogP contribution in [0.4, 0.5) is 10.1 Å². The Morgan fingerprint density at radius 2 is 1.73 bits per heavy atom. The zero-order valence-corrected chi connectivity index (χ0v) is 17.6. The van der Waals surface area contributed by atoms with Crippen molar-refractivity contribution in [2.75, 3.05) is 36.8 Å². The maximum Gasteiger partial charge on any atom is 0.223 e. The second-order valence-electron chi connectivity index (χ2n) is 7.04. The Kier molecular flexibility index (Phi) is 6.27. The molecule has 1 saturated heterocycles. The zero-order chi connectivity index (χ0) is 20.9. The molecule has 1 amide bonds. The molecular weight excluding hydrogens is 403 g/mol. The molecule has 156 valence electrons. The first-order chi connectivity index (χ1) is 14.6. The topological polar surface area (TPSA) is 67.2 Å². The van der Waals surface area contributed by atoms with Crippen molar-refractivity contribution >= 4 is 23.4 Å². The van der Waals surface area contributed by atoms with Gasteiger partial charge in [0.05, 0.1) is 0 Å². The number of thioether (sulfide) groups is 1. The largest absolute Gasteiger partial charge is 0.368 e. The minimum absolute atomic E-state index is 0.151. The maximum absolute atomic E-state index is 13.1. The fourth-order valence-corrected chi connectivity index (χ4v) is 4.28. The van der Waals surface area contributed by atoms with Gasteiger partial charge in [0.15, 0.2) is 11.0 Å². The number of halogens is 1. The third-order valence-electron chi connectivity index (χ3n) is 5.14. The van der Waals surface area contributed by atoms with Gasteiger partial charge in [-0.3, -0.25) is 9.78 Å². The van der Waals surface area contributed by atoms with Crippen LogP contribution < -0.4 is 4.90 Å². The van der Waals surface area contributed by atoms with Gasteiger partial charge in [0, 0.05) is 69.0 Å². The van der Waals surface area contributed by atoms with E-state index < -0.39 is 0 Å². The first-order valence-electron chi connectivity index (χ1n) is 9.83. The Labute approximate surface area is 178 Å². The summed E-state index contributed by atoms with van der Waals surface area (Å²) in [5, 5.41) is 9.29. The molecule has 1 aliphatic heterocycles. The smallest absolute Gasteiger partial charge is 0.223 e. The molecule has 1 fully saturated rings. The molecule has 0 unspecified atom stereocenters. The molecule has 0 N–H and O–H groups in total. The van der Waals surface area contributed by atoms with Crippen LogP contribution in [-0.4, -0.2) is 62.5 Å². The van der Waals surface area contributed by atoms with Crippen molar-refractivity contribution in [3.63, 3.8) is 0 Å². The van der Waals surface area contributed by atoms with E-state index in [0.29, 0.717) is 25.3 Å². The Bertz CT molecular complexity index is 986. The molecule has 2 aromatic heterocycles. The van der Waals surface area contributed by atoms with Crippen molar-refractivity contribution < 1.29 is 9.18 Å². The number of nitrogens with zero attached hydrogens (tertiary/aromatic N) is 6. The molecule has 30 heavy (non-hydrogen) atoms. The van der Waals surface area contributed by atoms with Gasteiger partial charge >= 0.3 is 0 Å². The number of piperazine rings is 1. The molecule has 3 aromatic rings. The number of benzene rings is 1. The number of amides is 1. The Balaban J connectivity index is 1.25. The van der Waals surface area contributed by atoms with E-state index in [1.807, 2.05) is 28.6 Å². The van der Waals surface area contributed by atoms with Crippen LogP contribution in [0.5, 0.6) is 0 Å². The highest BCUT2D eigenvalue weighted by molar-refractivity contribution is 7.99. The van der Waals surface area contributed by atoms with Gasteiger partial charge in [0.1, 0.15) is 5.82 Å². The van der Waals surface area contributed by atoms with Crippen LogP contribution in [0, 0.1) is 5.82 Å². The molecule has 7 nitrogen and oxygen atoms in total. The predicted molar refractivity (Wildman–Crippen MR) is 115 cm³/mol. The van der Waals surface area contributed by atoms with Gasteiger partial charge in [0.25, 0.3) is 0 Å². The van der Waals surface area contributed by atoms with E-state index in [4.69, 9.17) is 0 Å². The SMILES string of the molecule is Cn1c(SCCC(=O)N2CCN(c3ccc(F)cc3)CC2)nnc1-c1ccncc1. The summed E-state index contributed by atoms with van der Waals surface area (Å²) >= 11 is 1.53. The number of pyridine rings is 1. The lowest BCUT2D eigenvalue weighted by molar-refractivity contribution is -0.131. The van der Waals surface area contributed by atoms with E-state index in [-0.39, 0.29) is 11.7 Å².